The van der Waals surface area contributed by atoms with E-state index >= 15 is 0 Å². The lowest BCUT2D eigenvalue weighted by molar-refractivity contribution is 0.0602. The van der Waals surface area contributed by atoms with Gasteiger partial charge < -0.3 is 15.0 Å². The van der Waals surface area contributed by atoms with Gasteiger partial charge >= 0.3 is 5.97 Å². The SMILES string of the molecule is CCN(c1cccc(C)c1)c1nc(C)cc(Nc2ccccc2C(=O)OC)n1. The molecule has 1 heterocycles. The van der Waals surface area contributed by atoms with E-state index < -0.39 is 5.97 Å². The molecular formula is C22H24N4O2. The number of esters is 1. The van der Waals surface area contributed by atoms with Crippen LogP contribution in [0.2, 0.25) is 0 Å². The van der Waals surface area contributed by atoms with Gasteiger partial charge in [-0.2, -0.15) is 4.98 Å². The van der Waals surface area contributed by atoms with Crippen molar-refractivity contribution in [3.8, 4) is 0 Å². The minimum Gasteiger partial charge on any atom is -0.465 e. The van der Waals surface area contributed by atoms with Crippen LogP contribution < -0.4 is 10.2 Å². The number of hydrogen-bond donors (Lipinski definition) is 1. The molecule has 0 saturated heterocycles. The van der Waals surface area contributed by atoms with Crippen molar-refractivity contribution in [2.45, 2.75) is 20.8 Å². The highest BCUT2D eigenvalue weighted by atomic mass is 16.5. The summed E-state index contributed by atoms with van der Waals surface area (Å²) in [5.41, 5.74) is 4.13. The molecule has 1 N–H and O–H groups in total. The smallest absolute Gasteiger partial charge is 0.339 e. The lowest BCUT2D eigenvalue weighted by atomic mass is 10.2. The Bertz CT molecular complexity index is 988. The molecule has 0 atom stereocenters. The van der Waals surface area contributed by atoms with Crippen molar-refractivity contribution in [1.29, 1.82) is 0 Å². The van der Waals surface area contributed by atoms with Crippen LogP contribution in [0.5, 0.6) is 0 Å². The molecule has 0 spiro atoms. The largest absolute Gasteiger partial charge is 0.465 e. The predicted octanol–water partition coefficient (Wildman–Crippen LogP) is 4.78. The van der Waals surface area contributed by atoms with Crippen LogP contribution in [0, 0.1) is 13.8 Å². The van der Waals surface area contributed by atoms with E-state index in [0.29, 0.717) is 23.0 Å². The summed E-state index contributed by atoms with van der Waals surface area (Å²) < 4.78 is 4.87. The molecule has 0 bridgehead atoms. The number of para-hydroxylation sites is 1. The van der Waals surface area contributed by atoms with Gasteiger partial charge in [-0.15, -0.1) is 0 Å². The third-order valence-electron chi connectivity index (χ3n) is 4.31. The van der Waals surface area contributed by atoms with E-state index in [1.807, 2.05) is 37.3 Å². The fraction of sp³-hybridized carbons (Fsp3) is 0.227. The quantitative estimate of drug-likeness (QED) is 0.625. The van der Waals surface area contributed by atoms with Crippen molar-refractivity contribution in [3.63, 3.8) is 0 Å². The van der Waals surface area contributed by atoms with Crippen LogP contribution in [0.25, 0.3) is 0 Å². The molecule has 0 amide bonds. The normalized spacial score (nSPS) is 10.4. The third kappa shape index (κ3) is 4.28. The minimum absolute atomic E-state index is 0.399. The van der Waals surface area contributed by atoms with E-state index in [2.05, 4.69) is 46.2 Å². The van der Waals surface area contributed by atoms with Crippen LogP contribution in [-0.4, -0.2) is 29.6 Å². The summed E-state index contributed by atoms with van der Waals surface area (Å²) in [6.45, 7) is 6.77. The number of carbonyl (C=O) groups is 1. The monoisotopic (exact) mass is 376 g/mol. The number of rotatable bonds is 6. The Balaban J connectivity index is 1.97. The van der Waals surface area contributed by atoms with Gasteiger partial charge in [-0.3, -0.25) is 0 Å². The Labute approximate surface area is 165 Å². The van der Waals surface area contributed by atoms with E-state index in [1.165, 1.54) is 12.7 Å². The number of ether oxygens (including phenoxy) is 1. The van der Waals surface area contributed by atoms with Crippen molar-refractivity contribution in [2.24, 2.45) is 0 Å². The maximum Gasteiger partial charge on any atom is 0.339 e. The molecule has 0 saturated carbocycles. The second kappa shape index (κ2) is 8.52. The van der Waals surface area contributed by atoms with Crippen LogP contribution in [-0.2, 0) is 4.74 Å². The van der Waals surface area contributed by atoms with Crippen molar-refractivity contribution >= 4 is 29.1 Å². The van der Waals surface area contributed by atoms with Gasteiger partial charge in [-0.25, -0.2) is 9.78 Å². The highest BCUT2D eigenvalue weighted by Crippen LogP contribution is 2.26. The number of nitrogens with one attached hydrogen (secondary N) is 1. The van der Waals surface area contributed by atoms with Gasteiger partial charge in [0.05, 0.1) is 18.4 Å². The maximum absolute atomic E-state index is 12.0. The second-order valence-electron chi connectivity index (χ2n) is 6.44. The van der Waals surface area contributed by atoms with Crippen molar-refractivity contribution < 1.29 is 9.53 Å². The zero-order valence-electron chi connectivity index (χ0n) is 16.6. The Morgan fingerprint density at radius 3 is 2.57 bits per heavy atom. The number of aromatic nitrogens is 2. The van der Waals surface area contributed by atoms with E-state index in [1.54, 1.807) is 12.1 Å². The average Bonchev–Trinajstić information content (AvgIpc) is 2.68. The average molecular weight is 376 g/mol. The summed E-state index contributed by atoms with van der Waals surface area (Å²) in [6, 6.07) is 17.3. The van der Waals surface area contributed by atoms with Crippen molar-refractivity contribution in [2.75, 3.05) is 23.9 Å². The highest BCUT2D eigenvalue weighted by Gasteiger charge is 2.15. The van der Waals surface area contributed by atoms with Crippen LogP contribution in [0.1, 0.15) is 28.5 Å². The Morgan fingerprint density at radius 2 is 1.86 bits per heavy atom. The van der Waals surface area contributed by atoms with E-state index in [9.17, 15) is 4.79 Å². The standard InChI is InChI=1S/C22H24N4O2/c1-5-26(17-10-8-9-15(2)13-17)22-23-16(3)14-20(25-22)24-19-12-7-6-11-18(19)21(27)28-4/h6-14H,5H2,1-4H3,(H,23,24,25). The van der Waals surface area contributed by atoms with E-state index in [0.717, 1.165) is 17.9 Å². The summed E-state index contributed by atoms with van der Waals surface area (Å²) in [5, 5.41) is 3.23. The molecule has 6 heteroatoms. The molecule has 1 aromatic heterocycles. The van der Waals surface area contributed by atoms with Gasteiger partial charge in [0.25, 0.3) is 0 Å². The zero-order chi connectivity index (χ0) is 20.1. The number of methoxy groups -OCH3 is 1. The van der Waals surface area contributed by atoms with Gasteiger partial charge in [0.2, 0.25) is 5.95 Å². The molecule has 2 aromatic carbocycles. The van der Waals surface area contributed by atoms with Gasteiger partial charge in [-0.05, 0) is 50.6 Å². The number of hydrogen-bond acceptors (Lipinski definition) is 6. The summed E-state index contributed by atoms with van der Waals surface area (Å²) in [4.78, 5) is 23.4. The molecule has 28 heavy (non-hydrogen) atoms. The van der Waals surface area contributed by atoms with Crippen LogP contribution >= 0.6 is 0 Å². The number of nitrogens with zero attached hydrogens (tertiary/aromatic N) is 3. The van der Waals surface area contributed by atoms with E-state index in [4.69, 9.17) is 4.74 Å². The predicted molar refractivity (Wildman–Crippen MR) is 112 cm³/mol. The summed E-state index contributed by atoms with van der Waals surface area (Å²) in [6.07, 6.45) is 0. The molecule has 6 nitrogen and oxygen atoms in total. The zero-order valence-corrected chi connectivity index (χ0v) is 16.6. The first kappa shape index (κ1) is 19.4. The Hall–Kier alpha value is -3.41. The Kier molecular flexibility index (Phi) is 5.89. The number of aryl methyl sites for hydroxylation is 2. The second-order valence-corrected chi connectivity index (χ2v) is 6.44. The minimum atomic E-state index is -0.399. The maximum atomic E-state index is 12.0. The molecule has 3 aromatic rings. The van der Waals surface area contributed by atoms with Gasteiger partial charge in [0.1, 0.15) is 5.82 Å². The lowest BCUT2D eigenvalue weighted by Crippen LogP contribution is -2.19. The first-order valence-electron chi connectivity index (χ1n) is 9.16. The third-order valence-corrected chi connectivity index (χ3v) is 4.31. The van der Waals surface area contributed by atoms with Crippen LogP contribution in [0.3, 0.4) is 0 Å². The highest BCUT2D eigenvalue weighted by molar-refractivity contribution is 5.96. The first-order chi connectivity index (χ1) is 13.5. The molecule has 0 aliphatic carbocycles. The van der Waals surface area contributed by atoms with Gasteiger partial charge in [0.15, 0.2) is 0 Å². The van der Waals surface area contributed by atoms with E-state index in [-0.39, 0.29) is 0 Å². The van der Waals surface area contributed by atoms with Crippen molar-refractivity contribution in [1.82, 2.24) is 9.97 Å². The number of carbonyl (C=O) groups excluding carboxylic acids is 1. The van der Waals surface area contributed by atoms with Crippen LogP contribution in [0.15, 0.2) is 54.6 Å². The molecule has 0 fully saturated rings. The number of benzene rings is 2. The topological polar surface area (TPSA) is 67.4 Å². The molecule has 0 aliphatic rings. The molecule has 0 radical (unpaired) electrons. The van der Waals surface area contributed by atoms with Gasteiger partial charge in [-0.1, -0.05) is 24.3 Å². The molecule has 144 valence electrons. The Morgan fingerprint density at radius 1 is 1.07 bits per heavy atom. The molecule has 0 aliphatic heterocycles. The summed E-state index contributed by atoms with van der Waals surface area (Å²) >= 11 is 0. The molecule has 0 unspecified atom stereocenters. The van der Waals surface area contributed by atoms with Crippen molar-refractivity contribution in [3.05, 3.63) is 71.4 Å². The summed E-state index contributed by atoms with van der Waals surface area (Å²) in [7, 11) is 1.37. The molecule has 3 rings (SSSR count). The fourth-order valence-corrected chi connectivity index (χ4v) is 2.99. The summed E-state index contributed by atoms with van der Waals surface area (Å²) in [5.74, 6) is 0.820. The van der Waals surface area contributed by atoms with Gasteiger partial charge in [0, 0.05) is 24.0 Å². The number of anilines is 4. The fourth-order valence-electron chi connectivity index (χ4n) is 2.99. The first-order valence-corrected chi connectivity index (χ1v) is 9.16. The lowest BCUT2D eigenvalue weighted by Gasteiger charge is -2.22. The van der Waals surface area contributed by atoms with Crippen LogP contribution in [0.4, 0.5) is 23.1 Å². The molecular weight excluding hydrogens is 352 g/mol.